The minimum absolute atomic E-state index is 0.00738. The van der Waals surface area contributed by atoms with E-state index in [0.29, 0.717) is 43.4 Å². The van der Waals surface area contributed by atoms with Crippen molar-refractivity contribution in [1.82, 2.24) is 0 Å². The van der Waals surface area contributed by atoms with E-state index in [2.05, 4.69) is 6.92 Å². The Morgan fingerprint density at radius 1 is 0.600 bits per heavy atom. The largest absolute Gasteiger partial charge is 0.490 e. The molecule has 0 unspecified atom stereocenters. The van der Waals surface area contributed by atoms with Crippen molar-refractivity contribution in [2.75, 3.05) is 13.2 Å². The van der Waals surface area contributed by atoms with Gasteiger partial charge in [-0.1, -0.05) is 44.9 Å². The molecule has 0 radical (unpaired) electrons. The Kier molecular flexibility index (Phi) is 11.7. The van der Waals surface area contributed by atoms with Crippen molar-refractivity contribution in [2.45, 2.75) is 122 Å². The van der Waals surface area contributed by atoms with Gasteiger partial charge in [0.2, 0.25) is 5.82 Å². The highest BCUT2D eigenvalue weighted by atomic mass is 19.2. The van der Waals surface area contributed by atoms with Gasteiger partial charge in [0, 0.05) is 12.2 Å². The summed E-state index contributed by atoms with van der Waals surface area (Å²) < 4.78 is 76.6. The third kappa shape index (κ3) is 7.79. The summed E-state index contributed by atoms with van der Waals surface area (Å²) in [7, 11) is 0. The van der Waals surface area contributed by atoms with Gasteiger partial charge in [-0.05, 0) is 93.2 Å². The summed E-state index contributed by atoms with van der Waals surface area (Å²) >= 11 is 0. The molecule has 0 heterocycles. The van der Waals surface area contributed by atoms with E-state index in [1.54, 1.807) is 18.2 Å². The fourth-order valence-electron chi connectivity index (χ4n) is 6.01. The Balaban J connectivity index is 1.26. The standard InChI is InChI=1S/C33H44F4O3/c1-3-5-19-38-25-12-7-22(8-13-25)27-16-11-24(30(34)31(27)35)21-40-26-14-9-23(10-15-26)28-17-18-29(33(37)32(28)36)39-20-6-4-2/h11,16-18,22-23,25-26H,3-10,12-15,19-21H2,1-2H3. The summed E-state index contributed by atoms with van der Waals surface area (Å²) in [5.41, 5.74) is 1.03. The zero-order valence-corrected chi connectivity index (χ0v) is 24.0. The molecule has 2 aromatic rings. The average Bonchev–Trinajstić information content (AvgIpc) is 2.97. The van der Waals surface area contributed by atoms with Gasteiger partial charge in [-0.25, -0.2) is 13.2 Å². The maximum Gasteiger partial charge on any atom is 0.200 e. The van der Waals surface area contributed by atoms with Crippen molar-refractivity contribution in [3.05, 3.63) is 64.2 Å². The summed E-state index contributed by atoms with van der Waals surface area (Å²) in [6.45, 7) is 5.25. The van der Waals surface area contributed by atoms with E-state index < -0.39 is 23.3 Å². The predicted octanol–water partition coefficient (Wildman–Crippen LogP) is 9.51. The molecule has 0 saturated heterocycles. The zero-order valence-electron chi connectivity index (χ0n) is 24.0. The maximum atomic E-state index is 15.0. The first-order valence-electron chi connectivity index (χ1n) is 15.2. The Bertz CT molecular complexity index is 1080. The van der Waals surface area contributed by atoms with Crippen molar-refractivity contribution in [1.29, 1.82) is 0 Å². The minimum Gasteiger partial charge on any atom is -0.490 e. The molecule has 7 heteroatoms. The van der Waals surface area contributed by atoms with Crippen LogP contribution >= 0.6 is 0 Å². The lowest BCUT2D eigenvalue weighted by Gasteiger charge is -2.30. The molecule has 2 aromatic carbocycles. The van der Waals surface area contributed by atoms with E-state index in [0.717, 1.165) is 58.0 Å². The predicted molar refractivity (Wildman–Crippen MR) is 149 cm³/mol. The minimum atomic E-state index is -0.929. The van der Waals surface area contributed by atoms with Crippen molar-refractivity contribution in [2.24, 2.45) is 0 Å². The first kappa shape index (κ1) is 30.8. The molecule has 0 aromatic heterocycles. The van der Waals surface area contributed by atoms with Gasteiger partial charge in [-0.2, -0.15) is 4.39 Å². The fraction of sp³-hybridized carbons (Fsp3) is 0.636. The van der Waals surface area contributed by atoms with Gasteiger partial charge in [-0.15, -0.1) is 0 Å². The van der Waals surface area contributed by atoms with E-state index in [4.69, 9.17) is 14.2 Å². The van der Waals surface area contributed by atoms with Crippen LogP contribution in [0.25, 0.3) is 0 Å². The quantitative estimate of drug-likeness (QED) is 0.179. The molecule has 2 fully saturated rings. The molecular weight excluding hydrogens is 520 g/mol. The highest BCUT2D eigenvalue weighted by molar-refractivity contribution is 5.33. The Morgan fingerprint density at radius 2 is 1.12 bits per heavy atom. The molecule has 0 amide bonds. The van der Waals surface area contributed by atoms with Gasteiger partial charge in [-0.3, -0.25) is 0 Å². The number of hydrogen-bond acceptors (Lipinski definition) is 3. The Labute approximate surface area is 236 Å². The van der Waals surface area contributed by atoms with Crippen molar-refractivity contribution in [3.8, 4) is 5.75 Å². The number of rotatable bonds is 13. The fourth-order valence-corrected chi connectivity index (χ4v) is 6.01. The van der Waals surface area contributed by atoms with E-state index >= 15 is 4.39 Å². The van der Waals surface area contributed by atoms with Crippen molar-refractivity contribution < 1.29 is 31.8 Å². The smallest absolute Gasteiger partial charge is 0.200 e. The summed E-state index contributed by atoms with van der Waals surface area (Å²) in [6, 6.07) is 6.49. The van der Waals surface area contributed by atoms with Crippen LogP contribution in [0.2, 0.25) is 0 Å². The van der Waals surface area contributed by atoms with Crippen LogP contribution in [0, 0.1) is 23.3 Å². The Hall–Kier alpha value is -2.12. The summed E-state index contributed by atoms with van der Waals surface area (Å²) in [6.07, 6.45) is 9.83. The van der Waals surface area contributed by atoms with Gasteiger partial charge in [0.1, 0.15) is 0 Å². The number of halogens is 4. The summed E-state index contributed by atoms with van der Waals surface area (Å²) in [4.78, 5) is 0. The number of hydrogen-bond donors (Lipinski definition) is 0. The molecule has 222 valence electrons. The molecule has 2 aliphatic rings. The van der Waals surface area contributed by atoms with E-state index in [9.17, 15) is 13.2 Å². The molecule has 40 heavy (non-hydrogen) atoms. The molecule has 0 bridgehead atoms. The van der Waals surface area contributed by atoms with Crippen LogP contribution in [-0.2, 0) is 16.1 Å². The SMILES string of the molecule is CCCCOc1ccc(C2CCC(OCc3ccc(C4CCC(OCCCC)CC4)c(F)c3F)CC2)c(F)c1F. The Morgan fingerprint density at radius 3 is 1.73 bits per heavy atom. The highest BCUT2D eigenvalue weighted by Gasteiger charge is 2.29. The van der Waals surface area contributed by atoms with Gasteiger partial charge < -0.3 is 14.2 Å². The molecule has 3 nitrogen and oxygen atoms in total. The van der Waals surface area contributed by atoms with E-state index in [1.165, 1.54) is 6.07 Å². The van der Waals surface area contributed by atoms with Crippen LogP contribution in [0.5, 0.6) is 5.75 Å². The first-order valence-corrected chi connectivity index (χ1v) is 15.2. The van der Waals surface area contributed by atoms with Gasteiger partial charge in [0.05, 0.1) is 25.4 Å². The van der Waals surface area contributed by atoms with Gasteiger partial charge in [0.15, 0.2) is 23.2 Å². The molecule has 2 aliphatic carbocycles. The number of benzene rings is 2. The second kappa shape index (κ2) is 15.2. The van der Waals surface area contributed by atoms with Crippen LogP contribution in [0.1, 0.15) is 119 Å². The maximum absolute atomic E-state index is 15.0. The van der Waals surface area contributed by atoms with E-state index in [-0.39, 0.29) is 42.0 Å². The van der Waals surface area contributed by atoms with Crippen LogP contribution in [-0.4, -0.2) is 25.4 Å². The lowest BCUT2D eigenvalue weighted by Crippen LogP contribution is -2.22. The van der Waals surface area contributed by atoms with Crippen LogP contribution < -0.4 is 4.74 Å². The van der Waals surface area contributed by atoms with Crippen molar-refractivity contribution >= 4 is 0 Å². The van der Waals surface area contributed by atoms with Crippen LogP contribution in [0.3, 0.4) is 0 Å². The molecule has 2 saturated carbocycles. The van der Waals surface area contributed by atoms with Crippen LogP contribution in [0.4, 0.5) is 17.6 Å². The van der Waals surface area contributed by atoms with Gasteiger partial charge in [0.25, 0.3) is 0 Å². The zero-order chi connectivity index (χ0) is 28.5. The molecule has 0 N–H and O–H groups in total. The molecule has 0 atom stereocenters. The molecule has 4 rings (SSSR count). The second-order valence-electron chi connectivity index (χ2n) is 11.4. The number of ether oxygens (including phenoxy) is 3. The second-order valence-corrected chi connectivity index (χ2v) is 11.4. The first-order chi connectivity index (χ1) is 19.4. The molecule has 0 aliphatic heterocycles. The topological polar surface area (TPSA) is 27.7 Å². The lowest BCUT2D eigenvalue weighted by atomic mass is 9.82. The normalized spacial score (nSPS) is 23.4. The van der Waals surface area contributed by atoms with Crippen LogP contribution in [0.15, 0.2) is 24.3 Å². The summed E-state index contributed by atoms with van der Waals surface area (Å²) in [5.74, 6) is -3.51. The third-order valence-corrected chi connectivity index (χ3v) is 8.58. The molecular formula is C33H44F4O3. The van der Waals surface area contributed by atoms with Crippen molar-refractivity contribution in [3.63, 3.8) is 0 Å². The number of unbranched alkanes of at least 4 members (excludes halogenated alkanes) is 2. The highest BCUT2D eigenvalue weighted by Crippen LogP contribution is 2.39. The summed E-state index contributed by atoms with van der Waals surface area (Å²) in [5, 5.41) is 0. The van der Waals surface area contributed by atoms with E-state index in [1.807, 2.05) is 6.92 Å². The molecule has 0 spiro atoms. The third-order valence-electron chi connectivity index (χ3n) is 8.58. The monoisotopic (exact) mass is 564 g/mol. The average molecular weight is 565 g/mol. The van der Waals surface area contributed by atoms with Gasteiger partial charge >= 0.3 is 0 Å². The lowest BCUT2D eigenvalue weighted by molar-refractivity contribution is 0.0116.